The van der Waals surface area contributed by atoms with Gasteiger partial charge in [0.2, 0.25) is 0 Å². The minimum absolute atomic E-state index is 0.275. The molecule has 0 saturated carbocycles. The van der Waals surface area contributed by atoms with Crippen molar-refractivity contribution in [2.45, 2.75) is 32.8 Å². The SMILES string of the molecule is CC(C)OCCCCNCCF. The number of hydrogen-bond donors (Lipinski definition) is 1. The van der Waals surface area contributed by atoms with Gasteiger partial charge in [0, 0.05) is 13.2 Å². The Morgan fingerprint density at radius 3 is 2.58 bits per heavy atom. The van der Waals surface area contributed by atoms with E-state index in [4.69, 9.17) is 4.74 Å². The van der Waals surface area contributed by atoms with Crippen LogP contribution in [-0.2, 0) is 4.74 Å². The first-order valence-electron chi connectivity index (χ1n) is 4.65. The van der Waals surface area contributed by atoms with Gasteiger partial charge in [-0.15, -0.1) is 0 Å². The summed E-state index contributed by atoms with van der Waals surface area (Å²) < 4.78 is 16.9. The number of unbranched alkanes of at least 4 members (excludes halogenated alkanes) is 1. The Labute approximate surface area is 74.5 Å². The molecule has 0 atom stereocenters. The third-order valence-corrected chi connectivity index (χ3v) is 1.47. The highest BCUT2D eigenvalue weighted by molar-refractivity contribution is 4.47. The van der Waals surface area contributed by atoms with Crippen molar-refractivity contribution in [2.24, 2.45) is 0 Å². The van der Waals surface area contributed by atoms with Gasteiger partial charge in [0.05, 0.1) is 6.10 Å². The van der Waals surface area contributed by atoms with Crippen LogP contribution in [0.15, 0.2) is 0 Å². The number of halogens is 1. The highest BCUT2D eigenvalue weighted by Crippen LogP contribution is 1.92. The molecule has 1 N–H and O–H groups in total. The maximum Gasteiger partial charge on any atom is 0.102 e. The molecule has 0 aliphatic heterocycles. The Morgan fingerprint density at radius 1 is 1.25 bits per heavy atom. The van der Waals surface area contributed by atoms with Crippen LogP contribution in [0.1, 0.15) is 26.7 Å². The van der Waals surface area contributed by atoms with Gasteiger partial charge in [0.25, 0.3) is 0 Å². The van der Waals surface area contributed by atoms with E-state index in [1.807, 2.05) is 13.8 Å². The highest BCUT2D eigenvalue weighted by atomic mass is 19.1. The van der Waals surface area contributed by atoms with Crippen molar-refractivity contribution in [1.82, 2.24) is 5.32 Å². The molecule has 0 bridgehead atoms. The number of hydrogen-bond acceptors (Lipinski definition) is 2. The van der Waals surface area contributed by atoms with Crippen LogP contribution in [0.4, 0.5) is 4.39 Å². The summed E-state index contributed by atoms with van der Waals surface area (Å²) in [6.45, 7) is 5.97. The molecule has 0 heterocycles. The normalized spacial score (nSPS) is 11.0. The molecule has 0 fully saturated rings. The van der Waals surface area contributed by atoms with E-state index in [2.05, 4.69) is 5.32 Å². The van der Waals surface area contributed by atoms with Crippen LogP contribution in [0.2, 0.25) is 0 Å². The number of rotatable bonds is 8. The second-order valence-corrected chi connectivity index (χ2v) is 3.07. The lowest BCUT2D eigenvalue weighted by Crippen LogP contribution is -2.18. The summed E-state index contributed by atoms with van der Waals surface area (Å²) in [5, 5.41) is 2.99. The average Bonchev–Trinajstić information content (AvgIpc) is 2.02. The van der Waals surface area contributed by atoms with Gasteiger partial charge in [-0.25, -0.2) is 4.39 Å². The van der Waals surface area contributed by atoms with E-state index in [9.17, 15) is 4.39 Å². The number of nitrogens with one attached hydrogen (secondary N) is 1. The summed E-state index contributed by atoms with van der Waals surface area (Å²) in [5.74, 6) is 0. The Hall–Kier alpha value is -0.150. The zero-order chi connectivity index (χ0) is 9.23. The topological polar surface area (TPSA) is 21.3 Å². The Morgan fingerprint density at radius 2 is 2.00 bits per heavy atom. The lowest BCUT2D eigenvalue weighted by atomic mass is 10.3. The van der Waals surface area contributed by atoms with Gasteiger partial charge in [0.1, 0.15) is 6.67 Å². The molecule has 0 aliphatic carbocycles. The molecule has 74 valence electrons. The van der Waals surface area contributed by atoms with Crippen molar-refractivity contribution < 1.29 is 9.13 Å². The molecule has 0 saturated heterocycles. The minimum Gasteiger partial charge on any atom is -0.379 e. The van der Waals surface area contributed by atoms with Crippen molar-refractivity contribution in [3.63, 3.8) is 0 Å². The van der Waals surface area contributed by atoms with Crippen LogP contribution in [0.25, 0.3) is 0 Å². The molecule has 0 radical (unpaired) electrons. The third-order valence-electron chi connectivity index (χ3n) is 1.47. The summed E-state index contributed by atoms with van der Waals surface area (Å²) in [6.07, 6.45) is 2.44. The van der Waals surface area contributed by atoms with Crippen LogP contribution in [0, 0.1) is 0 Å². The predicted molar refractivity (Wildman–Crippen MR) is 49.2 cm³/mol. The van der Waals surface area contributed by atoms with E-state index in [0.717, 1.165) is 26.0 Å². The smallest absolute Gasteiger partial charge is 0.102 e. The molecule has 0 aromatic carbocycles. The quantitative estimate of drug-likeness (QED) is 0.570. The van der Waals surface area contributed by atoms with Gasteiger partial charge in [-0.05, 0) is 33.2 Å². The molecule has 0 aliphatic rings. The van der Waals surface area contributed by atoms with Gasteiger partial charge < -0.3 is 10.1 Å². The zero-order valence-electron chi connectivity index (χ0n) is 8.11. The zero-order valence-corrected chi connectivity index (χ0v) is 8.11. The minimum atomic E-state index is -0.275. The Bertz CT molecular complexity index is 88.6. The fraction of sp³-hybridized carbons (Fsp3) is 1.00. The fourth-order valence-electron chi connectivity index (χ4n) is 0.863. The van der Waals surface area contributed by atoms with Gasteiger partial charge in [-0.2, -0.15) is 0 Å². The van der Waals surface area contributed by atoms with E-state index in [-0.39, 0.29) is 6.67 Å². The Kier molecular flexibility index (Phi) is 8.83. The molecule has 0 aromatic heterocycles. The monoisotopic (exact) mass is 177 g/mol. The number of alkyl halides is 1. The van der Waals surface area contributed by atoms with Crippen molar-refractivity contribution in [3.8, 4) is 0 Å². The molecule has 0 unspecified atom stereocenters. The molecule has 0 spiro atoms. The van der Waals surface area contributed by atoms with E-state index in [1.165, 1.54) is 0 Å². The standard InChI is InChI=1S/C9H20FNO/c1-9(2)12-8-4-3-6-11-7-5-10/h9,11H,3-8H2,1-2H3. The van der Waals surface area contributed by atoms with E-state index >= 15 is 0 Å². The first-order valence-corrected chi connectivity index (χ1v) is 4.65. The van der Waals surface area contributed by atoms with Crippen molar-refractivity contribution in [2.75, 3.05) is 26.4 Å². The lowest BCUT2D eigenvalue weighted by Gasteiger charge is -2.06. The van der Waals surface area contributed by atoms with Gasteiger partial charge in [0.15, 0.2) is 0 Å². The van der Waals surface area contributed by atoms with Crippen LogP contribution in [-0.4, -0.2) is 32.5 Å². The average molecular weight is 177 g/mol. The second kappa shape index (κ2) is 8.94. The van der Waals surface area contributed by atoms with Crippen LogP contribution in [0.3, 0.4) is 0 Å². The fourth-order valence-corrected chi connectivity index (χ4v) is 0.863. The predicted octanol–water partition coefficient (Wildman–Crippen LogP) is 1.75. The second-order valence-electron chi connectivity index (χ2n) is 3.07. The molecule has 0 amide bonds. The van der Waals surface area contributed by atoms with E-state index < -0.39 is 0 Å². The maximum absolute atomic E-state index is 11.6. The largest absolute Gasteiger partial charge is 0.379 e. The molecule has 0 rings (SSSR count). The van der Waals surface area contributed by atoms with E-state index in [1.54, 1.807) is 0 Å². The summed E-state index contributed by atoms with van der Waals surface area (Å²) in [5.41, 5.74) is 0. The van der Waals surface area contributed by atoms with E-state index in [0.29, 0.717) is 12.6 Å². The molecular formula is C9H20FNO. The van der Waals surface area contributed by atoms with Crippen LogP contribution < -0.4 is 5.32 Å². The Balaban J connectivity index is 2.82. The van der Waals surface area contributed by atoms with Gasteiger partial charge in [-0.3, -0.25) is 0 Å². The van der Waals surface area contributed by atoms with Crippen molar-refractivity contribution in [3.05, 3.63) is 0 Å². The first-order chi connectivity index (χ1) is 5.77. The summed E-state index contributed by atoms with van der Waals surface area (Å²) in [6, 6.07) is 0. The summed E-state index contributed by atoms with van der Waals surface area (Å²) in [4.78, 5) is 0. The summed E-state index contributed by atoms with van der Waals surface area (Å²) in [7, 11) is 0. The highest BCUT2D eigenvalue weighted by Gasteiger charge is 1.92. The first kappa shape index (κ1) is 11.8. The lowest BCUT2D eigenvalue weighted by molar-refractivity contribution is 0.0760. The molecule has 2 nitrogen and oxygen atoms in total. The van der Waals surface area contributed by atoms with Gasteiger partial charge >= 0.3 is 0 Å². The van der Waals surface area contributed by atoms with Crippen molar-refractivity contribution in [1.29, 1.82) is 0 Å². The summed E-state index contributed by atoms with van der Waals surface area (Å²) >= 11 is 0. The third kappa shape index (κ3) is 9.85. The number of ether oxygens (including phenoxy) is 1. The molecule has 12 heavy (non-hydrogen) atoms. The van der Waals surface area contributed by atoms with Crippen LogP contribution in [0.5, 0.6) is 0 Å². The van der Waals surface area contributed by atoms with Gasteiger partial charge in [-0.1, -0.05) is 0 Å². The molecular weight excluding hydrogens is 157 g/mol. The van der Waals surface area contributed by atoms with Crippen LogP contribution >= 0.6 is 0 Å². The molecule has 3 heteroatoms. The molecule has 0 aromatic rings. The van der Waals surface area contributed by atoms with Crippen molar-refractivity contribution >= 4 is 0 Å². The maximum atomic E-state index is 11.6.